The van der Waals surface area contributed by atoms with Crippen LogP contribution in [0.15, 0.2) is 60.8 Å². The van der Waals surface area contributed by atoms with Crippen LogP contribution in [0.3, 0.4) is 0 Å². The Morgan fingerprint density at radius 2 is 1.74 bits per heavy atom. The highest BCUT2D eigenvalue weighted by Gasteiger charge is 2.12. The van der Waals surface area contributed by atoms with E-state index in [1.54, 1.807) is 6.07 Å². The van der Waals surface area contributed by atoms with E-state index < -0.39 is 4.92 Å². The minimum atomic E-state index is -0.437. The molecule has 0 amide bonds. The first-order valence-corrected chi connectivity index (χ1v) is 7.30. The van der Waals surface area contributed by atoms with Gasteiger partial charge in [-0.05, 0) is 17.5 Å². The molecule has 0 fully saturated rings. The highest BCUT2D eigenvalue weighted by Crippen LogP contribution is 2.23. The molecule has 0 aliphatic carbocycles. The standard InChI is InChI=1S/C17H16N4O2/c22-21(23)16-9-4-10-19-17(16)20-12-11-18-15-8-3-6-13-5-1-2-7-14(13)15/h1-10,18H,11-12H2,(H,19,20). The Hall–Kier alpha value is -3.15. The van der Waals surface area contributed by atoms with Crippen LogP contribution in [-0.4, -0.2) is 23.0 Å². The van der Waals surface area contributed by atoms with E-state index in [1.807, 2.05) is 24.3 Å². The molecule has 0 aliphatic rings. The van der Waals surface area contributed by atoms with Crippen molar-refractivity contribution in [1.29, 1.82) is 0 Å². The van der Waals surface area contributed by atoms with Gasteiger partial charge in [0, 0.05) is 36.4 Å². The summed E-state index contributed by atoms with van der Waals surface area (Å²) in [6.45, 7) is 1.16. The number of fused-ring (bicyclic) bond motifs is 1. The summed E-state index contributed by atoms with van der Waals surface area (Å²) in [5.74, 6) is 0.289. The average molecular weight is 308 g/mol. The number of anilines is 2. The first kappa shape index (κ1) is 14.8. The number of nitrogens with one attached hydrogen (secondary N) is 2. The monoisotopic (exact) mass is 308 g/mol. The van der Waals surface area contributed by atoms with Crippen LogP contribution in [0.25, 0.3) is 10.8 Å². The zero-order valence-corrected chi connectivity index (χ0v) is 12.4. The first-order valence-electron chi connectivity index (χ1n) is 7.30. The molecule has 3 aromatic rings. The maximum absolute atomic E-state index is 10.9. The van der Waals surface area contributed by atoms with Gasteiger partial charge in [-0.3, -0.25) is 10.1 Å². The van der Waals surface area contributed by atoms with Gasteiger partial charge in [0.15, 0.2) is 0 Å². The van der Waals surface area contributed by atoms with E-state index in [9.17, 15) is 10.1 Å². The van der Waals surface area contributed by atoms with Crippen LogP contribution in [-0.2, 0) is 0 Å². The third kappa shape index (κ3) is 3.37. The van der Waals surface area contributed by atoms with Crippen molar-refractivity contribution >= 4 is 28.0 Å². The van der Waals surface area contributed by atoms with Crippen LogP contribution in [0.1, 0.15) is 0 Å². The third-order valence-corrected chi connectivity index (χ3v) is 3.51. The van der Waals surface area contributed by atoms with Crippen LogP contribution in [0.2, 0.25) is 0 Å². The Bertz CT molecular complexity index is 830. The Morgan fingerprint density at radius 3 is 2.61 bits per heavy atom. The van der Waals surface area contributed by atoms with Crippen molar-refractivity contribution in [3.63, 3.8) is 0 Å². The largest absolute Gasteiger partial charge is 0.383 e. The second-order valence-corrected chi connectivity index (χ2v) is 5.01. The smallest absolute Gasteiger partial charge is 0.311 e. The molecule has 6 nitrogen and oxygen atoms in total. The molecule has 0 radical (unpaired) electrons. The maximum atomic E-state index is 10.9. The summed E-state index contributed by atoms with van der Waals surface area (Å²) in [5.41, 5.74) is 1.03. The normalized spacial score (nSPS) is 10.4. The average Bonchev–Trinajstić information content (AvgIpc) is 2.59. The number of rotatable bonds is 6. The number of hydrogen-bond donors (Lipinski definition) is 2. The zero-order valence-electron chi connectivity index (χ0n) is 12.4. The molecule has 0 bridgehead atoms. The fourth-order valence-corrected chi connectivity index (χ4v) is 2.44. The van der Waals surface area contributed by atoms with Crippen molar-refractivity contribution in [3.05, 3.63) is 70.9 Å². The van der Waals surface area contributed by atoms with Gasteiger partial charge in [-0.15, -0.1) is 0 Å². The number of nitro groups is 1. The van der Waals surface area contributed by atoms with Crippen molar-refractivity contribution < 1.29 is 4.92 Å². The molecule has 0 spiro atoms. The predicted molar refractivity (Wildman–Crippen MR) is 91.8 cm³/mol. The molecule has 6 heteroatoms. The molecular formula is C17H16N4O2. The van der Waals surface area contributed by atoms with Crippen LogP contribution >= 0.6 is 0 Å². The third-order valence-electron chi connectivity index (χ3n) is 3.51. The fourth-order valence-electron chi connectivity index (χ4n) is 2.44. The van der Waals surface area contributed by atoms with E-state index in [1.165, 1.54) is 17.6 Å². The molecule has 0 saturated heterocycles. The summed E-state index contributed by atoms with van der Waals surface area (Å²) in [4.78, 5) is 14.5. The maximum Gasteiger partial charge on any atom is 0.311 e. The van der Waals surface area contributed by atoms with E-state index in [-0.39, 0.29) is 11.5 Å². The topological polar surface area (TPSA) is 80.1 Å². The SMILES string of the molecule is O=[N+]([O-])c1cccnc1NCCNc1cccc2ccccc12. The molecule has 116 valence electrons. The second kappa shape index (κ2) is 6.74. The summed E-state index contributed by atoms with van der Waals surface area (Å²) < 4.78 is 0. The molecule has 0 atom stereocenters. The minimum absolute atomic E-state index is 0.0161. The number of benzene rings is 2. The van der Waals surface area contributed by atoms with Crippen LogP contribution in [0.4, 0.5) is 17.2 Å². The van der Waals surface area contributed by atoms with E-state index in [2.05, 4.69) is 33.8 Å². The predicted octanol–water partition coefficient (Wildman–Crippen LogP) is 3.67. The summed E-state index contributed by atoms with van der Waals surface area (Å²) >= 11 is 0. The second-order valence-electron chi connectivity index (χ2n) is 5.01. The van der Waals surface area contributed by atoms with Crippen LogP contribution in [0.5, 0.6) is 0 Å². The molecule has 1 heterocycles. The van der Waals surface area contributed by atoms with Crippen molar-refractivity contribution in [3.8, 4) is 0 Å². The van der Waals surface area contributed by atoms with Gasteiger partial charge in [0.2, 0.25) is 5.82 Å². The van der Waals surface area contributed by atoms with Gasteiger partial charge in [-0.1, -0.05) is 36.4 Å². The first-order chi connectivity index (χ1) is 11.3. The van der Waals surface area contributed by atoms with Gasteiger partial charge in [0.25, 0.3) is 0 Å². The molecule has 1 aromatic heterocycles. The molecule has 2 aromatic carbocycles. The Kier molecular flexibility index (Phi) is 4.33. The Labute approximate surface area is 133 Å². The molecule has 0 unspecified atom stereocenters. The van der Waals surface area contributed by atoms with E-state index in [0.717, 1.165) is 11.1 Å². The zero-order chi connectivity index (χ0) is 16.1. The van der Waals surface area contributed by atoms with Crippen molar-refractivity contribution in [1.82, 2.24) is 4.98 Å². The van der Waals surface area contributed by atoms with Gasteiger partial charge < -0.3 is 10.6 Å². The summed E-state index contributed by atoms with van der Waals surface area (Å²) in [5, 5.41) is 19.6. The highest BCUT2D eigenvalue weighted by atomic mass is 16.6. The van der Waals surface area contributed by atoms with Gasteiger partial charge in [0.1, 0.15) is 0 Å². The van der Waals surface area contributed by atoms with Gasteiger partial charge >= 0.3 is 5.69 Å². The van der Waals surface area contributed by atoms with Crippen LogP contribution in [0, 0.1) is 10.1 Å². The van der Waals surface area contributed by atoms with Crippen molar-refractivity contribution in [2.75, 3.05) is 23.7 Å². The quantitative estimate of drug-likeness (QED) is 0.412. The molecule has 0 aliphatic heterocycles. The molecule has 3 rings (SSSR count). The summed E-state index contributed by atoms with van der Waals surface area (Å²) in [6.07, 6.45) is 1.54. The number of nitrogens with zero attached hydrogens (tertiary/aromatic N) is 2. The Balaban J connectivity index is 1.63. The van der Waals surface area contributed by atoms with Gasteiger partial charge in [0.05, 0.1) is 4.92 Å². The van der Waals surface area contributed by atoms with Gasteiger partial charge in [-0.25, -0.2) is 4.98 Å². The molecule has 23 heavy (non-hydrogen) atoms. The van der Waals surface area contributed by atoms with E-state index in [4.69, 9.17) is 0 Å². The van der Waals surface area contributed by atoms with E-state index in [0.29, 0.717) is 13.1 Å². The summed E-state index contributed by atoms with van der Waals surface area (Å²) in [6, 6.07) is 17.2. The molecule has 0 saturated carbocycles. The lowest BCUT2D eigenvalue weighted by molar-refractivity contribution is -0.384. The van der Waals surface area contributed by atoms with E-state index >= 15 is 0 Å². The number of pyridine rings is 1. The number of hydrogen-bond acceptors (Lipinski definition) is 5. The Morgan fingerprint density at radius 1 is 0.957 bits per heavy atom. The van der Waals surface area contributed by atoms with Gasteiger partial charge in [-0.2, -0.15) is 0 Å². The fraction of sp³-hybridized carbons (Fsp3) is 0.118. The molecular weight excluding hydrogens is 292 g/mol. The summed E-state index contributed by atoms with van der Waals surface area (Å²) in [7, 11) is 0. The highest BCUT2D eigenvalue weighted by molar-refractivity contribution is 5.93. The minimum Gasteiger partial charge on any atom is -0.383 e. The lowest BCUT2D eigenvalue weighted by atomic mass is 10.1. The molecule has 2 N–H and O–H groups in total. The van der Waals surface area contributed by atoms with Crippen LogP contribution < -0.4 is 10.6 Å². The lowest BCUT2D eigenvalue weighted by Crippen LogP contribution is -2.15. The van der Waals surface area contributed by atoms with Crippen molar-refractivity contribution in [2.24, 2.45) is 0 Å². The van der Waals surface area contributed by atoms with Crippen molar-refractivity contribution in [2.45, 2.75) is 0 Å². The number of aromatic nitrogens is 1. The lowest BCUT2D eigenvalue weighted by Gasteiger charge is -2.10.